The van der Waals surface area contributed by atoms with Crippen LogP contribution in [0.4, 0.5) is 5.69 Å². The van der Waals surface area contributed by atoms with Gasteiger partial charge in [-0.3, -0.25) is 4.90 Å². The van der Waals surface area contributed by atoms with Gasteiger partial charge in [0.25, 0.3) is 0 Å². The van der Waals surface area contributed by atoms with E-state index in [2.05, 4.69) is 40.1 Å². The predicted molar refractivity (Wildman–Crippen MR) is 86.3 cm³/mol. The van der Waals surface area contributed by atoms with Gasteiger partial charge in [-0.2, -0.15) is 0 Å². The third-order valence-corrected chi connectivity index (χ3v) is 4.98. The van der Waals surface area contributed by atoms with Gasteiger partial charge in [0.1, 0.15) is 0 Å². The first kappa shape index (κ1) is 13.9. The van der Waals surface area contributed by atoms with E-state index in [0.29, 0.717) is 0 Å². The monoisotopic (exact) mass is 272 g/mol. The number of hydrogen-bond donors (Lipinski definition) is 0. The highest BCUT2D eigenvalue weighted by atomic mass is 15.3. The summed E-state index contributed by atoms with van der Waals surface area (Å²) in [5.41, 5.74) is 1.39. The lowest BCUT2D eigenvalue weighted by atomic mass is 9.99. The maximum Gasteiger partial charge on any atom is 0.0367 e. The van der Waals surface area contributed by atoms with Crippen molar-refractivity contribution in [2.24, 2.45) is 5.92 Å². The first-order valence-corrected chi connectivity index (χ1v) is 8.44. The Bertz CT molecular complexity index is 374. The van der Waals surface area contributed by atoms with Crippen molar-refractivity contribution in [1.82, 2.24) is 4.90 Å². The van der Waals surface area contributed by atoms with Crippen LogP contribution in [0.5, 0.6) is 0 Å². The van der Waals surface area contributed by atoms with Gasteiger partial charge < -0.3 is 4.90 Å². The maximum atomic E-state index is 2.70. The van der Waals surface area contributed by atoms with E-state index >= 15 is 0 Å². The van der Waals surface area contributed by atoms with E-state index in [4.69, 9.17) is 0 Å². The van der Waals surface area contributed by atoms with Crippen LogP contribution in [0.1, 0.15) is 38.5 Å². The molecule has 0 radical (unpaired) electrons. The van der Waals surface area contributed by atoms with Crippen molar-refractivity contribution in [3.05, 3.63) is 30.3 Å². The zero-order valence-corrected chi connectivity index (χ0v) is 12.6. The molecule has 1 aromatic rings. The van der Waals surface area contributed by atoms with Crippen molar-refractivity contribution in [3.63, 3.8) is 0 Å². The van der Waals surface area contributed by atoms with Crippen molar-refractivity contribution in [2.75, 3.05) is 37.6 Å². The number of rotatable bonds is 3. The first-order valence-electron chi connectivity index (χ1n) is 8.44. The van der Waals surface area contributed by atoms with E-state index < -0.39 is 0 Å². The standard InChI is InChI=1S/C18H28N2/c1-2-5-9-17(8-4-1)16-19-12-14-20(15-13-19)18-10-6-3-7-11-18/h3,6-7,10-11,17H,1-2,4-5,8-9,12-16H2. The molecule has 1 aliphatic carbocycles. The minimum atomic E-state index is 0.973. The molecule has 2 fully saturated rings. The number of piperazine rings is 1. The van der Waals surface area contributed by atoms with E-state index in [1.807, 2.05) is 0 Å². The molecule has 3 rings (SSSR count). The molecule has 1 saturated carbocycles. The van der Waals surface area contributed by atoms with Crippen LogP contribution in [0.2, 0.25) is 0 Å². The van der Waals surface area contributed by atoms with Crippen LogP contribution < -0.4 is 4.90 Å². The second kappa shape index (κ2) is 7.12. The largest absolute Gasteiger partial charge is 0.369 e. The Labute approximate surface area is 123 Å². The highest BCUT2D eigenvalue weighted by Crippen LogP contribution is 2.24. The lowest BCUT2D eigenvalue weighted by Crippen LogP contribution is -2.47. The Morgan fingerprint density at radius 1 is 0.800 bits per heavy atom. The molecule has 2 nitrogen and oxygen atoms in total. The number of benzene rings is 1. The lowest BCUT2D eigenvalue weighted by molar-refractivity contribution is 0.208. The van der Waals surface area contributed by atoms with E-state index in [0.717, 1.165) is 5.92 Å². The summed E-state index contributed by atoms with van der Waals surface area (Å²) < 4.78 is 0. The second-order valence-electron chi connectivity index (χ2n) is 6.48. The SMILES string of the molecule is c1ccc(N2CCN(CC3CCCCCC3)CC2)cc1. The van der Waals surface area contributed by atoms with Gasteiger partial charge in [0.05, 0.1) is 0 Å². The van der Waals surface area contributed by atoms with Gasteiger partial charge in [0, 0.05) is 38.4 Å². The summed E-state index contributed by atoms with van der Waals surface area (Å²) in [5.74, 6) is 0.973. The van der Waals surface area contributed by atoms with Gasteiger partial charge in [-0.25, -0.2) is 0 Å². The van der Waals surface area contributed by atoms with Crippen LogP contribution in [0.15, 0.2) is 30.3 Å². The van der Waals surface area contributed by atoms with E-state index in [9.17, 15) is 0 Å². The van der Waals surface area contributed by atoms with Gasteiger partial charge in [-0.1, -0.05) is 43.9 Å². The summed E-state index contributed by atoms with van der Waals surface area (Å²) in [6.07, 6.45) is 8.82. The fourth-order valence-electron chi connectivity index (χ4n) is 3.74. The van der Waals surface area contributed by atoms with Crippen LogP contribution in [-0.4, -0.2) is 37.6 Å². The molecule has 110 valence electrons. The molecule has 1 aliphatic heterocycles. The summed E-state index contributed by atoms with van der Waals surface area (Å²) in [4.78, 5) is 5.24. The van der Waals surface area contributed by atoms with E-state index in [1.54, 1.807) is 0 Å². The minimum Gasteiger partial charge on any atom is -0.369 e. The molecule has 1 heterocycles. The molecule has 0 spiro atoms. The molecular formula is C18H28N2. The fraction of sp³-hybridized carbons (Fsp3) is 0.667. The quantitative estimate of drug-likeness (QED) is 0.773. The van der Waals surface area contributed by atoms with Crippen LogP contribution in [0, 0.1) is 5.92 Å². The van der Waals surface area contributed by atoms with Gasteiger partial charge in [-0.05, 0) is 30.9 Å². The van der Waals surface area contributed by atoms with Crippen LogP contribution in [-0.2, 0) is 0 Å². The Morgan fingerprint density at radius 2 is 1.45 bits per heavy atom. The van der Waals surface area contributed by atoms with Crippen molar-refractivity contribution in [1.29, 1.82) is 0 Å². The van der Waals surface area contributed by atoms with Crippen LogP contribution in [0.3, 0.4) is 0 Å². The molecule has 0 N–H and O–H groups in total. The Kier molecular flexibility index (Phi) is 4.96. The van der Waals surface area contributed by atoms with Crippen molar-refractivity contribution < 1.29 is 0 Å². The van der Waals surface area contributed by atoms with E-state index in [-0.39, 0.29) is 0 Å². The third kappa shape index (κ3) is 3.76. The van der Waals surface area contributed by atoms with Crippen LogP contribution >= 0.6 is 0 Å². The number of hydrogen-bond acceptors (Lipinski definition) is 2. The lowest BCUT2D eigenvalue weighted by Gasteiger charge is -2.37. The molecule has 20 heavy (non-hydrogen) atoms. The third-order valence-electron chi connectivity index (χ3n) is 4.98. The summed E-state index contributed by atoms with van der Waals surface area (Å²) >= 11 is 0. The normalized spacial score (nSPS) is 22.7. The fourth-order valence-corrected chi connectivity index (χ4v) is 3.74. The Balaban J connectivity index is 1.46. The molecule has 2 aliphatic rings. The maximum absolute atomic E-state index is 2.70. The summed E-state index contributed by atoms with van der Waals surface area (Å²) in [5, 5.41) is 0. The summed E-state index contributed by atoms with van der Waals surface area (Å²) in [7, 11) is 0. The highest BCUT2D eigenvalue weighted by Gasteiger charge is 2.20. The zero-order valence-electron chi connectivity index (χ0n) is 12.6. The second-order valence-corrected chi connectivity index (χ2v) is 6.48. The van der Waals surface area contributed by atoms with Crippen molar-refractivity contribution in [3.8, 4) is 0 Å². The number of nitrogens with zero attached hydrogens (tertiary/aromatic N) is 2. The average molecular weight is 272 g/mol. The van der Waals surface area contributed by atoms with Gasteiger partial charge in [-0.15, -0.1) is 0 Å². The number of anilines is 1. The topological polar surface area (TPSA) is 6.48 Å². The average Bonchev–Trinajstić information content (AvgIpc) is 2.78. The first-order chi connectivity index (χ1) is 9.92. The van der Waals surface area contributed by atoms with E-state index in [1.165, 1.54) is 76.9 Å². The smallest absolute Gasteiger partial charge is 0.0367 e. The molecule has 2 heteroatoms. The zero-order chi connectivity index (χ0) is 13.6. The molecule has 0 aromatic heterocycles. The summed E-state index contributed by atoms with van der Waals surface area (Å²) in [6.45, 7) is 6.22. The predicted octanol–water partition coefficient (Wildman–Crippen LogP) is 3.78. The molecule has 0 unspecified atom stereocenters. The molecule has 0 atom stereocenters. The Morgan fingerprint density at radius 3 is 2.10 bits per heavy atom. The van der Waals surface area contributed by atoms with Crippen LogP contribution in [0.25, 0.3) is 0 Å². The molecule has 1 saturated heterocycles. The Hall–Kier alpha value is -1.02. The van der Waals surface area contributed by atoms with Gasteiger partial charge >= 0.3 is 0 Å². The molecular weight excluding hydrogens is 244 g/mol. The van der Waals surface area contributed by atoms with Gasteiger partial charge in [0.15, 0.2) is 0 Å². The number of para-hydroxylation sites is 1. The van der Waals surface area contributed by atoms with Crippen molar-refractivity contribution >= 4 is 5.69 Å². The van der Waals surface area contributed by atoms with Crippen molar-refractivity contribution in [2.45, 2.75) is 38.5 Å². The minimum absolute atomic E-state index is 0.973. The van der Waals surface area contributed by atoms with Gasteiger partial charge in [0.2, 0.25) is 0 Å². The molecule has 0 bridgehead atoms. The molecule has 0 amide bonds. The highest BCUT2D eigenvalue weighted by molar-refractivity contribution is 5.46. The molecule has 1 aromatic carbocycles. The summed E-state index contributed by atoms with van der Waals surface area (Å²) in [6, 6.07) is 10.9.